The fourth-order valence-electron chi connectivity index (χ4n) is 1.04. The van der Waals surface area contributed by atoms with Gasteiger partial charge < -0.3 is 4.74 Å². The van der Waals surface area contributed by atoms with Gasteiger partial charge in [-0.1, -0.05) is 30.3 Å². The molecule has 0 unspecified atom stereocenters. The minimum Gasteiger partial charge on any atom is -0.464 e. The molecule has 2 N–H and O–H groups in total. The van der Waals surface area contributed by atoms with Crippen molar-refractivity contribution in [3.8, 4) is 0 Å². The van der Waals surface area contributed by atoms with Crippen molar-refractivity contribution < 1.29 is 14.4 Å². The second-order valence-electron chi connectivity index (χ2n) is 2.77. The number of ether oxygens (including phenoxy) is 1. The summed E-state index contributed by atoms with van der Waals surface area (Å²) < 4.78 is 4.84. The van der Waals surface area contributed by atoms with Crippen LogP contribution in [0.5, 0.6) is 0 Å². The van der Waals surface area contributed by atoms with Gasteiger partial charge in [0, 0.05) is 6.42 Å². The summed E-state index contributed by atoms with van der Waals surface area (Å²) in [6.07, 6.45) is 0.706. The molecule has 0 saturated carbocycles. The lowest BCUT2D eigenvalue weighted by molar-refractivity contribution is -0.149. The lowest BCUT2D eigenvalue weighted by atomic mass is 10.2. The first-order valence-electron chi connectivity index (χ1n) is 4.34. The molecule has 0 fully saturated rings. The number of nitrogens with two attached hydrogens (primary N) is 1. The number of rotatable bonds is 5. The molecule has 0 heterocycles. The SMILES string of the molecule is Cl.NOCC(=O)OCCc1ccccc1. The maximum absolute atomic E-state index is 10.8. The topological polar surface area (TPSA) is 61.5 Å². The van der Waals surface area contributed by atoms with Crippen LogP contribution in [0, 0.1) is 0 Å². The van der Waals surface area contributed by atoms with E-state index in [0.717, 1.165) is 5.56 Å². The smallest absolute Gasteiger partial charge is 0.334 e. The standard InChI is InChI=1S/C10H13NO3.ClH/c11-14-8-10(12)13-7-6-9-4-2-1-3-5-9;/h1-5H,6-8,11H2;1H. The molecule has 0 aliphatic rings. The fraction of sp³-hybridized carbons (Fsp3) is 0.300. The number of hydrogen-bond donors (Lipinski definition) is 1. The minimum absolute atomic E-state index is 0. The molecule has 0 spiro atoms. The molecule has 1 rings (SSSR count). The molecule has 0 radical (unpaired) electrons. The van der Waals surface area contributed by atoms with Crippen LogP contribution >= 0.6 is 12.4 Å². The minimum atomic E-state index is -0.441. The van der Waals surface area contributed by atoms with Crippen LogP contribution in [0.2, 0.25) is 0 Å². The number of esters is 1. The van der Waals surface area contributed by atoms with Crippen LogP contribution in [0.15, 0.2) is 30.3 Å². The highest BCUT2D eigenvalue weighted by Crippen LogP contribution is 1.99. The summed E-state index contributed by atoms with van der Waals surface area (Å²) in [5.74, 6) is 4.27. The summed E-state index contributed by atoms with van der Waals surface area (Å²) in [5.41, 5.74) is 1.13. The highest BCUT2D eigenvalue weighted by atomic mass is 35.5. The third-order valence-electron chi connectivity index (χ3n) is 1.70. The molecule has 15 heavy (non-hydrogen) atoms. The first kappa shape index (κ1) is 13.9. The van der Waals surface area contributed by atoms with Crippen molar-refractivity contribution in [1.82, 2.24) is 0 Å². The molecular formula is C10H14ClNO3. The number of hydrogen-bond acceptors (Lipinski definition) is 4. The van der Waals surface area contributed by atoms with Crippen molar-refractivity contribution in [3.63, 3.8) is 0 Å². The van der Waals surface area contributed by atoms with Crippen molar-refractivity contribution in [1.29, 1.82) is 0 Å². The molecule has 0 amide bonds. The van der Waals surface area contributed by atoms with Gasteiger partial charge in [-0.15, -0.1) is 12.4 Å². The van der Waals surface area contributed by atoms with E-state index in [-0.39, 0.29) is 19.0 Å². The second-order valence-corrected chi connectivity index (χ2v) is 2.77. The highest BCUT2D eigenvalue weighted by Gasteiger charge is 2.01. The van der Waals surface area contributed by atoms with Crippen molar-refractivity contribution >= 4 is 18.4 Å². The van der Waals surface area contributed by atoms with Gasteiger partial charge in [0.05, 0.1) is 6.61 Å². The van der Waals surface area contributed by atoms with E-state index in [4.69, 9.17) is 10.6 Å². The van der Waals surface area contributed by atoms with Crippen LogP contribution in [0.4, 0.5) is 0 Å². The van der Waals surface area contributed by atoms with Gasteiger partial charge in [0.15, 0.2) is 6.61 Å². The number of halogens is 1. The van der Waals surface area contributed by atoms with E-state index in [1.807, 2.05) is 30.3 Å². The average Bonchev–Trinajstić information content (AvgIpc) is 2.20. The average molecular weight is 232 g/mol. The molecule has 0 aliphatic heterocycles. The van der Waals surface area contributed by atoms with Crippen molar-refractivity contribution in [2.24, 2.45) is 5.90 Å². The Morgan fingerprint density at radius 1 is 1.27 bits per heavy atom. The van der Waals surface area contributed by atoms with Crippen LogP contribution in [-0.4, -0.2) is 19.2 Å². The number of carbonyl (C=O) groups is 1. The van der Waals surface area contributed by atoms with Gasteiger partial charge in [-0.2, -0.15) is 0 Å². The molecule has 0 atom stereocenters. The van der Waals surface area contributed by atoms with Crippen LogP contribution < -0.4 is 5.90 Å². The Labute approximate surface area is 94.7 Å². The molecular weight excluding hydrogens is 218 g/mol. The molecule has 84 valence electrons. The zero-order valence-corrected chi connectivity index (χ0v) is 9.03. The Balaban J connectivity index is 0.00000196. The van der Waals surface area contributed by atoms with E-state index in [0.29, 0.717) is 13.0 Å². The van der Waals surface area contributed by atoms with E-state index in [9.17, 15) is 4.79 Å². The first-order valence-corrected chi connectivity index (χ1v) is 4.34. The second kappa shape index (κ2) is 8.23. The summed E-state index contributed by atoms with van der Waals surface area (Å²) in [6.45, 7) is 0.154. The van der Waals surface area contributed by atoms with E-state index in [1.54, 1.807) is 0 Å². The molecule has 0 bridgehead atoms. The Bertz CT molecular complexity index is 279. The number of carbonyl (C=O) groups excluding carboxylic acids is 1. The van der Waals surface area contributed by atoms with Gasteiger partial charge in [-0.25, -0.2) is 10.7 Å². The fourth-order valence-corrected chi connectivity index (χ4v) is 1.04. The lowest BCUT2D eigenvalue weighted by Crippen LogP contribution is -2.16. The van der Waals surface area contributed by atoms with E-state index < -0.39 is 5.97 Å². The number of benzene rings is 1. The summed E-state index contributed by atoms with van der Waals surface area (Å²) in [6, 6.07) is 9.79. The molecule has 4 nitrogen and oxygen atoms in total. The van der Waals surface area contributed by atoms with Crippen LogP contribution in [0.3, 0.4) is 0 Å². The van der Waals surface area contributed by atoms with Crippen molar-refractivity contribution in [2.45, 2.75) is 6.42 Å². The Hall–Kier alpha value is -1.10. The zero-order valence-electron chi connectivity index (χ0n) is 8.22. The largest absolute Gasteiger partial charge is 0.464 e. The molecule has 5 heteroatoms. The maximum atomic E-state index is 10.8. The molecule has 1 aromatic rings. The maximum Gasteiger partial charge on any atom is 0.334 e. The molecule has 0 aliphatic carbocycles. The molecule has 1 aromatic carbocycles. The summed E-state index contributed by atoms with van der Waals surface area (Å²) >= 11 is 0. The van der Waals surface area contributed by atoms with E-state index in [2.05, 4.69) is 4.84 Å². The van der Waals surface area contributed by atoms with Gasteiger partial charge in [0.1, 0.15) is 0 Å². The van der Waals surface area contributed by atoms with Crippen LogP contribution in [0.1, 0.15) is 5.56 Å². The van der Waals surface area contributed by atoms with E-state index >= 15 is 0 Å². The van der Waals surface area contributed by atoms with Gasteiger partial charge in [-0.3, -0.25) is 4.84 Å². The molecule has 0 saturated heterocycles. The summed E-state index contributed by atoms with van der Waals surface area (Å²) in [4.78, 5) is 14.9. The summed E-state index contributed by atoms with van der Waals surface area (Å²) in [5, 5.41) is 0. The quantitative estimate of drug-likeness (QED) is 0.609. The lowest BCUT2D eigenvalue weighted by Gasteiger charge is -2.03. The third kappa shape index (κ3) is 6.06. The van der Waals surface area contributed by atoms with E-state index in [1.165, 1.54) is 0 Å². The van der Waals surface area contributed by atoms with Crippen LogP contribution in [-0.2, 0) is 20.8 Å². The highest BCUT2D eigenvalue weighted by molar-refractivity contribution is 5.85. The van der Waals surface area contributed by atoms with Gasteiger partial charge in [-0.05, 0) is 5.56 Å². The normalized spacial score (nSPS) is 9.13. The Morgan fingerprint density at radius 2 is 1.93 bits per heavy atom. The zero-order chi connectivity index (χ0) is 10.2. The Kier molecular flexibility index (Phi) is 7.62. The predicted octanol–water partition coefficient (Wildman–Crippen LogP) is 1.08. The monoisotopic (exact) mass is 231 g/mol. The van der Waals surface area contributed by atoms with Crippen molar-refractivity contribution in [2.75, 3.05) is 13.2 Å². The third-order valence-corrected chi connectivity index (χ3v) is 1.70. The van der Waals surface area contributed by atoms with Gasteiger partial charge in [0.2, 0.25) is 0 Å². The Morgan fingerprint density at radius 3 is 2.53 bits per heavy atom. The van der Waals surface area contributed by atoms with Gasteiger partial charge >= 0.3 is 5.97 Å². The molecule has 0 aromatic heterocycles. The van der Waals surface area contributed by atoms with Crippen LogP contribution in [0.25, 0.3) is 0 Å². The summed E-state index contributed by atoms with van der Waals surface area (Å²) in [7, 11) is 0. The van der Waals surface area contributed by atoms with Gasteiger partial charge in [0.25, 0.3) is 0 Å². The predicted molar refractivity (Wildman–Crippen MR) is 58.5 cm³/mol. The van der Waals surface area contributed by atoms with Crippen molar-refractivity contribution in [3.05, 3.63) is 35.9 Å². The first-order chi connectivity index (χ1) is 6.83.